The van der Waals surface area contributed by atoms with Gasteiger partial charge < -0.3 is 9.26 Å². The van der Waals surface area contributed by atoms with Crippen LogP contribution in [0.1, 0.15) is 36.1 Å². The van der Waals surface area contributed by atoms with E-state index in [1.807, 2.05) is 43.3 Å². The first-order valence-electron chi connectivity index (χ1n) is 12.1. The summed E-state index contributed by atoms with van der Waals surface area (Å²) in [7, 11) is 0. The summed E-state index contributed by atoms with van der Waals surface area (Å²) in [6.07, 6.45) is 4.18. The molecule has 0 radical (unpaired) electrons. The van der Waals surface area contributed by atoms with Crippen molar-refractivity contribution in [1.29, 1.82) is 0 Å². The molecule has 6 rings (SSSR count). The average molecular weight is 551 g/mol. The van der Waals surface area contributed by atoms with Crippen molar-refractivity contribution in [3.8, 4) is 22.8 Å². The summed E-state index contributed by atoms with van der Waals surface area (Å²) in [5, 5.41) is 6.09. The first kappa shape index (κ1) is 24.2. The summed E-state index contributed by atoms with van der Waals surface area (Å²) in [4.78, 5) is 25.5. The number of fused-ring (bicyclic) bond motifs is 3. The molecule has 1 aliphatic rings. The highest BCUT2D eigenvalue weighted by molar-refractivity contribution is 7.98. The Morgan fingerprint density at radius 3 is 2.76 bits per heavy atom. The number of nitrogens with zero attached hydrogens (tertiary/aromatic N) is 4. The fraction of sp³-hybridized carbons (Fsp3) is 0.259. The molecular formula is C27H23ClN4O3S2. The predicted molar refractivity (Wildman–Crippen MR) is 147 cm³/mol. The highest BCUT2D eigenvalue weighted by atomic mass is 35.5. The molecule has 0 bridgehead atoms. The van der Waals surface area contributed by atoms with Gasteiger partial charge in [-0.1, -0.05) is 40.7 Å². The Bertz CT molecular complexity index is 1640. The van der Waals surface area contributed by atoms with Crippen molar-refractivity contribution < 1.29 is 9.26 Å². The fourth-order valence-corrected chi connectivity index (χ4v) is 6.86. The normalized spacial score (nSPS) is 13.1. The smallest absolute Gasteiger partial charge is 0.267 e. The van der Waals surface area contributed by atoms with E-state index in [9.17, 15) is 4.79 Å². The molecule has 0 aliphatic heterocycles. The number of hydrogen-bond donors (Lipinski definition) is 0. The highest BCUT2D eigenvalue weighted by Gasteiger charge is 2.23. The maximum absolute atomic E-state index is 13.9. The van der Waals surface area contributed by atoms with Gasteiger partial charge in [0.25, 0.3) is 5.56 Å². The van der Waals surface area contributed by atoms with Crippen LogP contribution in [0.4, 0.5) is 0 Å². The van der Waals surface area contributed by atoms with E-state index in [-0.39, 0.29) is 5.56 Å². The zero-order valence-corrected chi connectivity index (χ0v) is 22.5. The number of para-hydroxylation sites is 1. The van der Waals surface area contributed by atoms with Crippen LogP contribution in [-0.2, 0) is 18.6 Å². The number of aromatic nitrogens is 4. The fourth-order valence-electron chi connectivity index (χ4n) is 4.58. The number of rotatable bonds is 7. The summed E-state index contributed by atoms with van der Waals surface area (Å²) < 4.78 is 12.9. The Hall–Kier alpha value is -3.14. The molecule has 0 amide bonds. The van der Waals surface area contributed by atoms with Gasteiger partial charge in [-0.05, 0) is 74.6 Å². The molecule has 37 heavy (non-hydrogen) atoms. The molecule has 3 heterocycles. The number of benzene rings is 2. The van der Waals surface area contributed by atoms with Gasteiger partial charge in [-0.2, -0.15) is 4.98 Å². The van der Waals surface area contributed by atoms with Crippen LogP contribution in [0.5, 0.6) is 5.75 Å². The standard InChI is InChI=1S/C27H23ClN4O3S2/c1-2-34-20-9-5-3-7-18(20)24-29-22(35-31-24)15-36-27-30-25-23(19-8-4-6-10-21(19)37-25)26(33)32(27)17-13-11-16(28)12-14-17/h3,5,7,9,11-14H,2,4,6,8,10,15H2,1H3. The second-order valence-electron chi connectivity index (χ2n) is 8.63. The third kappa shape index (κ3) is 4.67. The van der Waals surface area contributed by atoms with E-state index in [4.69, 9.17) is 25.8 Å². The van der Waals surface area contributed by atoms with Gasteiger partial charge in [0.1, 0.15) is 10.6 Å². The van der Waals surface area contributed by atoms with Gasteiger partial charge in [-0.3, -0.25) is 9.36 Å². The number of hydrogen-bond acceptors (Lipinski definition) is 8. The second kappa shape index (κ2) is 10.3. The monoisotopic (exact) mass is 550 g/mol. The molecule has 5 aromatic rings. The number of thiophene rings is 1. The number of halogens is 1. The van der Waals surface area contributed by atoms with E-state index in [1.165, 1.54) is 16.6 Å². The molecule has 0 saturated heterocycles. The van der Waals surface area contributed by atoms with Crippen molar-refractivity contribution in [2.45, 2.75) is 43.5 Å². The molecule has 7 nitrogen and oxygen atoms in total. The molecule has 0 N–H and O–H groups in total. The minimum absolute atomic E-state index is 0.0499. The van der Waals surface area contributed by atoms with Crippen molar-refractivity contribution >= 4 is 44.9 Å². The summed E-state index contributed by atoms with van der Waals surface area (Å²) in [6, 6.07) is 14.9. The van der Waals surface area contributed by atoms with Gasteiger partial charge >= 0.3 is 0 Å². The number of thioether (sulfide) groups is 1. The maximum atomic E-state index is 13.9. The van der Waals surface area contributed by atoms with Gasteiger partial charge in [-0.25, -0.2) is 4.98 Å². The first-order valence-corrected chi connectivity index (χ1v) is 14.3. The SMILES string of the molecule is CCOc1ccccc1-c1noc(CSc2nc3sc4c(c3c(=O)n2-c2ccc(Cl)cc2)CCCC4)n1. The lowest BCUT2D eigenvalue weighted by atomic mass is 9.97. The molecule has 188 valence electrons. The molecule has 1 aliphatic carbocycles. The largest absolute Gasteiger partial charge is 0.493 e. The van der Waals surface area contributed by atoms with Crippen LogP contribution in [0.2, 0.25) is 5.02 Å². The third-order valence-corrected chi connectivity index (χ3v) is 8.62. The van der Waals surface area contributed by atoms with Gasteiger partial charge in [0, 0.05) is 9.90 Å². The molecule has 0 fully saturated rings. The number of ether oxygens (including phenoxy) is 1. The quantitative estimate of drug-likeness (QED) is 0.164. The summed E-state index contributed by atoms with van der Waals surface area (Å²) in [5.41, 5.74) is 2.61. The average Bonchev–Trinajstić information content (AvgIpc) is 3.53. The first-order chi connectivity index (χ1) is 18.1. The van der Waals surface area contributed by atoms with Crippen LogP contribution < -0.4 is 10.3 Å². The van der Waals surface area contributed by atoms with Crippen LogP contribution in [0, 0.1) is 0 Å². The molecule has 10 heteroatoms. The lowest BCUT2D eigenvalue weighted by Crippen LogP contribution is -2.22. The summed E-state index contributed by atoms with van der Waals surface area (Å²) in [5.74, 6) is 1.97. The van der Waals surface area contributed by atoms with E-state index in [2.05, 4.69) is 10.1 Å². The summed E-state index contributed by atoms with van der Waals surface area (Å²) >= 11 is 9.17. The Balaban J connectivity index is 1.37. The van der Waals surface area contributed by atoms with Gasteiger partial charge in [-0.15, -0.1) is 11.3 Å². The molecule has 2 aromatic carbocycles. The topological polar surface area (TPSA) is 83.0 Å². The molecule has 0 atom stereocenters. The molecule has 0 saturated carbocycles. The Morgan fingerprint density at radius 2 is 1.92 bits per heavy atom. The Labute approximate surface area is 226 Å². The Kier molecular flexibility index (Phi) is 6.75. The van der Waals surface area contributed by atoms with Crippen molar-refractivity contribution in [1.82, 2.24) is 19.7 Å². The Morgan fingerprint density at radius 1 is 1.11 bits per heavy atom. The third-order valence-electron chi connectivity index (χ3n) is 6.26. The van der Waals surface area contributed by atoms with Crippen molar-refractivity contribution in [3.63, 3.8) is 0 Å². The van der Waals surface area contributed by atoms with Crippen molar-refractivity contribution in [3.05, 3.63) is 80.2 Å². The van der Waals surface area contributed by atoms with E-state index < -0.39 is 0 Å². The molecule has 0 unspecified atom stereocenters. The minimum Gasteiger partial charge on any atom is -0.493 e. The second-order valence-corrected chi connectivity index (χ2v) is 11.1. The molecule has 0 spiro atoms. The maximum Gasteiger partial charge on any atom is 0.267 e. The summed E-state index contributed by atoms with van der Waals surface area (Å²) in [6.45, 7) is 2.48. The van der Waals surface area contributed by atoms with E-state index in [0.717, 1.165) is 52.7 Å². The lowest BCUT2D eigenvalue weighted by Gasteiger charge is -2.13. The minimum atomic E-state index is -0.0499. The van der Waals surface area contributed by atoms with Crippen LogP contribution in [0.25, 0.3) is 27.3 Å². The van der Waals surface area contributed by atoms with E-state index in [1.54, 1.807) is 28.0 Å². The van der Waals surface area contributed by atoms with Crippen LogP contribution in [-0.4, -0.2) is 26.3 Å². The number of aryl methyl sites for hydroxylation is 2. The van der Waals surface area contributed by atoms with Gasteiger partial charge in [0.05, 0.1) is 29.0 Å². The van der Waals surface area contributed by atoms with Crippen molar-refractivity contribution in [2.75, 3.05) is 6.61 Å². The van der Waals surface area contributed by atoms with E-state index in [0.29, 0.717) is 40.0 Å². The predicted octanol–water partition coefficient (Wildman–Crippen LogP) is 6.72. The highest BCUT2D eigenvalue weighted by Crippen LogP contribution is 2.36. The zero-order chi connectivity index (χ0) is 25.4. The van der Waals surface area contributed by atoms with Crippen LogP contribution in [0.3, 0.4) is 0 Å². The molecular weight excluding hydrogens is 528 g/mol. The van der Waals surface area contributed by atoms with E-state index >= 15 is 0 Å². The van der Waals surface area contributed by atoms with Gasteiger partial charge in [0.15, 0.2) is 5.16 Å². The molecule has 3 aromatic heterocycles. The van der Waals surface area contributed by atoms with Crippen LogP contribution in [0.15, 0.2) is 63.0 Å². The van der Waals surface area contributed by atoms with Crippen LogP contribution >= 0.6 is 34.7 Å². The zero-order valence-electron chi connectivity index (χ0n) is 20.1. The van der Waals surface area contributed by atoms with Crippen molar-refractivity contribution in [2.24, 2.45) is 0 Å². The van der Waals surface area contributed by atoms with Gasteiger partial charge in [0.2, 0.25) is 11.7 Å². The lowest BCUT2D eigenvalue weighted by molar-refractivity contribution is 0.341.